The standard InChI is InChI=1S/C15H29N3O3.ClH/c1-3-4-7-17-15(20)13-6-5-9-18(12-13)14(19)11-16-8-10-21-2;/h13,16H,3-12H2,1-2H3,(H,17,20);1H. The SMILES string of the molecule is CCCCNC(=O)C1CCCN(C(=O)CNCCOC)C1.Cl. The molecular weight excluding hydrogens is 306 g/mol. The van der Waals surface area contributed by atoms with Crippen molar-refractivity contribution in [2.45, 2.75) is 32.6 Å². The third-order valence-electron chi connectivity index (χ3n) is 3.73. The fraction of sp³-hybridized carbons (Fsp3) is 0.867. The molecule has 1 aliphatic heterocycles. The van der Waals surface area contributed by atoms with Crippen molar-refractivity contribution < 1.29 is 14.3 Å². The number of hydrogen-bond donors (Lipinski definition) is 2. The molecule has 0 aliphatic carbocycles. The van der Waals surface area contributed by atoms with E-state index in [2.05, 4.69) is 17.6 Å². The minimum absolute atomic E-state index is 0. The number of ether oxygens (including phenoxy) is 1. The highest BCUT2D eigenvalue weighted by molar-refractivity contribution is 5.85. The van der Waals surface area contributed by atoms with Gasteiger partial charge in [-0.1, -0.05) is 13.3 Å². The van der Waals surface area contributed by atoms with Gasteiger partial charge in [-0.25, -0.2) is 0 Å². The first kappa shape index (κ1) is 21.1. The second-order valence-corrected chi connectivity index (χ2v) is 5.49. The van der Waals surface area contributed by atoms with E-state index < -0.39 is 0 Å². The molecule has 1 rings (SSSR count). The Balaban J connectivity index is 0.00000441. The van der Waals surface area contributed by atoms with Crippen LogP contribution in [0.1, 0.15) is 32.6 Å². The quantitative estimate of drug-likeness (QED) is 0.611. The Labute approximate surface area is 139 Å². The number of piperidine rings is 1. The van der Waals surface area contributed by atoms with Crippen LogP contribution in [0, 0.1) is 5.92 Å². The molecule has 0 saturated carbocycles. The molecule has 7 heteroatoms. The summed E-state index contributed by atoms with van der Waals surface area (Å²) in [5.41, 5.74) is 0. The number of carbonyl (C=O) groups is 2. The molecule has 0 radical (unpaired) electrons. The second-order valence-electron chi connectivity index (χ2n) is 5.49. The summed E-state index contributed by atoms with van der Waals surface area (Å²) in [4.78, 5) is 25.9. The lowest BCUT2D eigenvalue weighted by atomic mass is 9.97. The zero-order chi connectivity index (χ0) is 15.5. The van der Waals surface area contributed by atoms with E-state index in [4.69, 9.17) is 4.74 Å². The van der Waals surface area contributed by atoms with Gasteiger partial charge in [-0.3, -0.25) is 9.59 Å². The van der Waals surface area contributed by atoms with E-state index in [9.17, 15) is 9.59 Å². The van der Waals surface area contributed by atoms with Crippen LogP contribution in [0.4, 0.5) is 0 Å². The predicted octanol–water partition coefficient (Wildman–Crippen LogP) is 0.799. The van der Waals surface area contributed by atoms with Crippen molar-refractivity contribution in [2.75, 3.05) is 46.4 Å². The second kappa shape index (κ2) is 12.7. The Morgan fingerprint density at radius 3 is 2.77 bits per heavy atom. The zero-order valence-corrected chi connectivity index (χ0v) is 14.5. The van der Waals surface area contributed by atoms with Gasteiger partial charge < -0.3 is 20.3 Å². The lowest BCUT2D eigenvalue weighted by Gasteiger charge is -2.32. The molecule has 0 aromatic carbocycles. The average molecular weight is 336 g/mol. The summed E-state index contributed by atoms with van der Waals surface area (Å²) >= 11 is 0. The van der Waals surface area contributed by atoms with Crippen molar-refractivity contribution in [3.05, 3.63) is 0 Å². The first-order valence-electron chi connectivity index (χ1n) is 7.94. The van der Waals surface area contributed by atoms with Crippen molar-refractivity contribution in [1.82, 2.24) is 15.5 Å². The Hall–Kier alpha value is -0.850. The molecule has 2 amide bonds. The van der Waals surface area contributed by atoms with Crippen molar-refractivity contribution in [1.29, 1.82) is 0 Å². The molecule has 2 N–H and O–H groups in total. The van der Waals surface area contributed by atoms with Gasteiger partial charge in [0.05, 0.1) is 19.1 Å². The summed E-state index contributed by atoms with van der Waals surface area (Å²) in [6.45, 7) is 5.70. The normalized spacial score (nSPS) is 17.7. The topological polar surface area (TPSA) is 70.7 Å². The number of amides is 2. The number of rotatable bonds is 9. The Morgan fingerprint density at radius 1 is 1.32 bits per heavy atom. The minimum atomic E-state index is -0.0569. The van der Waals surface area contributed by atoms with E-state index in [-0.39, 0.29) is 30.1 Å². The number of unbranched alkanes of at least 4 members (excludes halogenated alkanes) is 1. The van der Waals surface area contributed by atoms with Crippen LogP contribution in [0.2, 0.25) is 0 Å². The summed E-state index contributed by atoms with van der Waals surface area (Å²) in [7, 11) is 1.63. The van der Waals surface area contributed by atoms with Crippen LogP contribution < -0.4 is 10.6 Å². The van der Waals surface area contributed by atoms with Gasteiger partial charge in [0, 0.05) is 33.3 Å². The van der Waals surface area contributed by atoms with E-state index in [1.54, 1.807) is 12.0 Å². The number of hydrogen-bond acceptors (Lipinski definition) is 4. The van der Waals surface area contributed by atoms with Gasteiger partial charge in [0.25, 0.3) is 0 Å². The monoisotopic (exact) mass is 335 g/mol. The zero-order valence-electron chi connectivity index (χ0n) is 13.7. The molecule has 6 nitrogen and oxygen atoms in total. The first-order valence-corrected chi connectivity index (χ1v) is 7.94. The van der Waals surface area contributed by atoms with Gasteiger partial charge in [0.1, 0.15) is 0 Å². The Morgan fingerprint density at radius 2 is 2.09 bits per heavy atom. The lowest BCUT2D eigenvalue weighted by Crippen LogP contribution is -2.48. The number of carbonyl (C=O) groups excluding carboxylic acids is 2. The molecule has 0 aromatic heterocycles. The largest absolute Gasteiger partial charge is 0.383 e. The number of nitrogens with zero attached hydrogens (tertiary/aromatic N) is 1. The minimum Gasteiger partial charge on any atom is -0.383 e. The highest BCUT2D eigenvalue weighted by Crippen LogP contribution is 2.16. The van der Waals surface area contributed by atoms with E-state index >= 15 is 0 Å². The third-order valence-corrected chi connectivity index (χ3v) is 3.73. The summed E-state index contributed by atoms with van der Waals surface area (Å²) in [5, 5.41) is 6.02. The van der Waals surface area contributed by atoms with Crippen LogP contribution in [0.15, 0.2) is 0 Å². The van der Waals surface area contributed by atoms with Gasteiger partial charge in [-0.2, -0.15) is 0 Å². The van der Waals surface area contributed by atoms with Crippen LogP contribution in [0.25, 0.3) is 0 Å². The molecular formula is C15H30ClN3O3. The van der Waals surface area contributed by atoms with Crippen LogP contribution in [0.5, 0.6) is 0 Å². The molecule has 0 spiro atoms. The fourth-order valence-electron chi connectivity index (χ4n) is 2.43. The van der Waals surface area contributed by atoms with Crippen LogP contribution in [-0.4, -0.2) is 63.2 Å². The number of nitrogens with one attached hydrogen (secondary N) is 2. The van der Waals surface area contributed by atoms with Gasteiger partial charge in [0.15, 0.2) is 0 Å². The van der Waals surface area contributed by atoms with Gasteiger partial charge in [-0.15, -0.1) is 12.4 Å². The van der Waals surface area contributed by atoms with Gasteiger partial charge in [-0.05, 0) is 19.3 Å². The molecule has 1 fully saturated rings. The molecule has 1 unspecified atom stereocenters. The molecule has 130 valence electrons. The smallest absolute Gasteiger partial charge is 0.236 e. The summed E-state index contributed by atoms with van der Waals surface area (Å²) in [6, 6.07) is 0. The molecule has 22 heavy (non-hydrogen) atoms. The maximum Gasteiger partial charge on any atom is 0.236 e. The molecule has 0 bridgehead atoms. The Kier molecular flexibility index (Phi) is 12.2. The summed E-state index contributed by atoms with van der Waals surface area (Å²) < 4.78 is 4.92. The predicted molar refractivity (Wildman–Crippen MR) is 89.2 cm³/mol. The molecule has 1 saturated heterocycles. The van der Waals surface area contributed by atoms with Gasteiger partial charge in [0.2, 0.25) is 11.8 Å². The fourth-order valence-corrected chi connectivity index (χ4v) is 2.43. The van der Waals surface area contributed by atoms with Crippen molar-refractivity contribution in [3.63, 3.8) is 0 Å². The maximum atomic E-state index is 12.1. The van der Waals surface area contributed by atoms with E-state index in [1.807, 2.05) is 0 Å². The summed E-state index contributed by atoms with van der Waals surface area (Å²) in [6.07, 6.45) is 3.85. The van der Waals surface area contributed by atoms with Gasteiger partial charge >= 0.3 is 0 Å². The lowest BCUT2D eigenvalue weighted by molar-refractivity contribution is -0.135. The van der Waals surface area contributed by atoms with Crippen LogP contribution >= 0.6 is 12.4 Å². The third kappa shape index (κ3) is 7.96. The number of methoxy groups -OCH3 is 1. The van der Waals surface area contributed by atoms with Crippen molar-refractivity contribution in [3.8, 4) is 0 Å². The summed E-state index contributed by atoms with van der Waals surface area (Å²) in [5.74, 6) is 0.101. The molecule has 1 aliphatic rings. The Bertz CT molecular complexity index is 329. The molecule has 1 heterocycles. The van der Waals surface area contributed by atoms with Crippen molar-refractivity contribution in [2.24, 2.45) is 5.92 Å². The van der Waals surface area contributed by atoms with E-state index in [0.29, 0.717) is 26.2 Å². The number of likely N-dealkylation sites (tertiary alicyclic amines) is 1. The van der Waals surface area contributed by atoms with Crippen LogP contribution in [0.3, 0.4) is 0 Å². The van der Waals surface area contributed by atoms with E-state index in [0.717, 1.165) is 38.8 Å². The highest BCUT2D eigenvalue weighted by atomic mass is 35.5. The highest BCUT2D eigenvalue weighted by Gasteiger charge is 2.27. The van der Waals surface area contributed by atoms with Crippen LogP contribution in [-0.2, 0) is 14.3 Å². The number of halogens is 1. The average Bonchev–Trinajstić information content (AvgIpc) is 2.51. The molecule has 1 atom stereocenters. The first-order chi connectivity index (χ1) is 10.2. The van der Waals surface area contributed by atoms with E-state index in [1.165, 1.54) is 0 Å². The molecule has 0 aromatic rings. The maximum absolute atomic E-state index is 12.1. The van der Waals surface area contributed by atoms with Crippen molar-refractivity contribution >= 4 is 24.2 Å².